The molecule has 0 radical (unpaired) electrons. The van der Waals surface area contributed by atoms with Gasteiger partial charge in [-0.25, -0.2) is 14.8 Å². The molecule has 7 heteroatoms. The van der Waals surface area contributed by atoms with Gasteiger partial charge in [0, 0.05) is 11.6 Å². The summed E-state index contributed by atoms with van der Waals surface area (Å²) in [6, 6.07) is 3.52. The summed E-state index contributed by atoms with van der Waals surface area (Å²) in [7, 11) is 1.31. The van der Waals surface area contributed by atoms with Crippen molar-refractivity contribution in [2.75, 3.05) is 19.1 Å². The van der Waals surface area contributed by atoms with Crippen LogP contribution in [0.4, 0.5) is 5.95 Å². The fourth-order valence-corrected chi connectivity index (χ4v) is 2.16. The first-order valence-corrected chi connectivity index (χ1v) is 6.89. The molecule has 0 aliphatic rings. The highest BCUT2D eigenvalue weighted by atomic mass is 32.2. The number of rotatable bonds is 4. The molecule has 0 fully saturated rings. The van der Waals surface area contributed by atoms with Crippen LogP contribution in [0.15, 0.2) is 33.9 Å². The molecule has 0 bridgehead atoms. The molecular weight excluding hydrogens is 278 g/mol. The van der Waals surface area contributed by atoms with Crippen LogP contribution in [0.5, 0.6) is 0 Å². The van der Waals surface area contributed by atoms with Crippen molar-refractivity contribution in [2.45, 2.75) is 5.03 Å². The van der Waals surface area contributed by atoms with Crippen molar-refractivity contribution >= 4 is 29.8 Å². The predicted molar refractivity (Wildman–Crippen MR) is 77.0 cm³/mol. The third kappa shape index (κ3) is 3.00. The highest BCUT2D eigenvalue weighted by Crippen LogP contribution is 2.30. The van der Waals surface area contributed by atoms with E-state index in [9.17, 15) is 4.79 Å². The Morgan fingerprint density at radius 3 is 2.90 bits per heavy atom. The van der Waals surface area contributed by atoms with Crippen LogP contribution in [0.2, 0.25) is 0 Å². The smallest absolute Gasteiger partial charge is 0.330 e. The van der Waals surface area contributed by atoms with Crippen LogP contribution in [0.1, 0.15) is 5.56 Å². The van der Waals surface area contributed by atoms with Crippen molar-refractivity contribution < 1.29 is 13.9 Å². The van der Waals surface area contributed by atoms with Gasteiger partial charge >= 0.3 is 5.97 Å². The topological polar surface area (TPSA) is 91.2 Å². The van der Waals surface area contributed by atoms with Gasteiger partial charge in [-0.15, -0.1) is 11.8 Å². The second-order valence-corrected chi connectivity index (χ2v) is 4.48. The Kier molecular flexibility index (Phi) is 4.41. The molecular formula is C13H13N3O3S. The van der Waals surface area contributed by atoms with Gasteiger partial charge in [0.2, 0.25) is 5.95 Å². The summed E-state index contributed by atoms with van der Waals surface area (Å²) in [5.74, 6) is 0.245. The molecule has 2 heterocycles. The Balaban J connectivity index is 2.57. The van der Waals surface area contributed by atoms with Crippen molar-refractivity contribution in [3.8, 4) is 11.5 Å². The first kappa shape index (κ1) is 14.1. The number of furan rings is 1. The van der Waals surface area contributed by atoms with Crippen LogP contribution in [-0.4, -0.2) is 29.3 Å². The number of ether oxygens (including phenoxy) is 1. The molecule has 2 N–H and O–H groups in total. The van der Waals surface area contributed by atoms with E-state index in [2.05, 4.69) is 14.7 Å². The zero-order chi connectivity index (χ0) is 14.5. The second-order valence-electron chi connectivity index (χ2n) is 3.69. The lowest BCUT2D eigenvalue weighted by molar-refractivity contribution is -0.134. The van der Waals surface area contributed by atoms with Crippen molar-refractivity contribution in [1.82, 2.24) is 9.97 Å². The maximum absolute atomic E-state index is 11.2. The van der Waals surface area contributed by atoms with E-state index in [0.717, 1.165) is 0 Å². The maximum atomic E-state index is 11.2. The molecule has 2 aromatic heterocycles. The van der Waals surface area contributed by atoms with Crippen LogP contribution >= 0.6 is 11.8 Å². The Morgan fingerprint density at radius 1 is 1.50 bits per heavy atom. The van der Waals surface area contributed by atoms with E-state index in [0.29, 0.717) is 22.0 Å². The van der Waals surface area contributed by atoms with Crippen LogP contribution in [0.25, 0.3) is 17.5 Å². The summed E-state index contributed by atoms with van der Waals surface area (Å²) in [4.78, 5) is 19.6. The number of nitrogen functional groups attached to an aromatic ring is 1. The zero-order valence-corrected chi connectivity index (χ0v) is 11.8. The number of nitrogens with zero attached hydrogens (tertiary/aromatic N) is 2. The number of hydrogen-bond donors (Lipinski definition) is 1. The van der Waals surface area contributed by atoms with Crippen molar-refractivity contribution in [1.29, 1.82) is 0 Å². The Labute approximate surface area is 120 Å². The van der Waals surface area contributed by atoms with E-state index in [-0.39, 0.29) is 5.95 Å². The van der Waals surface area contributed by atoms with E-state index in [1.54, 1.807) is 24.5 Å². The molecule has 0 aliphatic carbocycles. The normalized spacial score (nSPS) is 10.9. The number of thioether (sulfide) groups is 1. The molecule has 2 aromatic rings. The Bertz CT molecular complexity index is 639. The minimum absolute atomic E-state index is 0.149. The fourth-order valence-electron chi connectivity index (χ4n) is 1.59. The van der Waals surface area contributed by atoms with Gasteiger partial charge in [-0.3, -0.25) is 0 Å². The largest absolute Gasteiger partial charge is 0.466 e. The molecule has 20 heavy (non-hydrogen) atoms. The summed E-state index contributed by atoms with van der Waals surface area (Å²) in [5.41, 5.74) is 6.89. The van der Waals surface area contributed by atoms with Crippen molar-refractivity contribution in [3.05, 3.63) is 30.0 Å². The standard InChI is InChI=1S/C13H13N3O3S/c1-18-10(17)6-5-8-11(9-4-3-7-19-9)15-13(14)16-12(8)20-2/h3-7H,1-2H3,(H2,14,15,16)/b6-5+. The van der Waals surface area contributed by atoms with Gasteiger partial charge in [0.25, 0.3) is 0 Å². The molecule has 0 unspecified atom stereocenters. The summed E-state index contributed by atoms with van der Waals surface area (Å²) in [6.45, 7) is 0. The first-order chi connectivity index (χ1) is 9.65. The fraction of sp³-hybridized carbons (Fsp3) is 0.154. The minimum Gasteiger partial charge on any atom is -0.466 e. The highest BCUT2D eigenvalue weighted by molar-refractivity contribution is 7.98. The summed E-state index contributed by atoms with van der Waals surface area (Å²) >= 11 is 1.40. The van der Waals surface area contributed by atoms with Crippen LogP contribution < -0.4 is 5.73 Å². The Morgan fingerprint density at radius 2 is 2.30 bits per heavy atom. The van der Waals surface area contributed by atoms with E-state index in [1.807, 2.05) is 6.26 Å². The van der Waals surface area contributed by atoms with E-state index < -0.39 is 5.97 Å². The molecule has 0 aliphatic heterocycles. The number of carbonyl (C=O) groups is 1. The molecule has 0 atom stereocenters. The third-order valence-electron chi connectivity index (χ3n) is 2.46. The van der Waals surface area contributed by atoms with Crippen LogP contribution in [0.3, 0.4) is 0 Å². The molecule has 0 saturated heterocycles. The minimum atomic E-state index is -0.459. The monoisotopic (exact) mass is 291 g/mol. The van der Waals surface area contributed by atoms with Gasteiger partial charge in [-0.2, -0.15) is 0 Å². The SMILES string of the molecule is COC(=O)/C=C/c1c(SC)nc(N)nc1-c1ccco1. The molecule has 2 rings (SSSR count). The quantitative estimate of drug-likeness (QED) is 0.399. The summed E-state index contributed by atoms with van der Waals surface area (Å²) < 4.78 is 9.92. The third-order valence-corrected chi connectivity index (χ3v) is 3.16. The molecule has 0 saturated carbocycles. The molecule has 0 aromatic carbocycles. The predicted octanol–water partition coefficient (Wildman–Crippen LogP) is 2.23. The second kappa shape index (κ2) is 6.25. The zero-order valence-electron chi connectivity index (χ0n) is 11.0. The maximum Gasteiger partial charge on any atom is 0.330 e. The number of esters is 1. The van der Waals surface area contributed by atoms with Gasteiger partial charge in [0.05, 0.1) is 13.4 Å². The van der Waals surface area contributed by atoms with Gasteiger partial charge in [0.1, 0.15) is 10.7 Å². The number of aromatic nitrogens is 2. The van der Waals surface area contributed by atoms with E-state index in [4.69, 9.17) is 10.2 Å². The number of methoxy groups -OCH3 is 1. The van der Waals surface area contributed by atoms with Gasteiger partial charge < -0.3 is 14.9 Å². The summed E-state index contributed by atoms with van der Waals surface area (Å²) in [5, 5.41) is 0.657. The van der Waals surface area contributed by atoms with E-state index >= 15 is 0 Å². The van der Waals surface area contributed by atoms with Crippen molar-refractivity contribution in [2.24, 2.45) is 0 Å². The van der Waals surface area contributed by atoms with Gasteiger partial charge in [-0.1, -0.05) is 0 Å². The van der Waals surface area contributed by atoms with Gasteiger partial charge in [-0.05, 0) is 24.5 Å². The van der Waals surface area contributed by atoms with E-state index in [1.165, 1.54) is 24.9 Å². The molecule has 104 valence electrons. The first-order valence-electron chi connectivity index (χ1n) is 5.67. The molecule has 0 amide bonds. The summed E-state index contributed by atoms with van der Waals surface area (Å²) in [6.07, 6.45) is 6.30. The molecule has 0 spiro atoms. The molecule has 6 nitrogen and oxygen atoms in total. The van der Waals surface area contributed by atoms with Crippen molar-refractivity contribution in [3.63, 3.8) is 0 Å². The Hall–Kier alpha value is -2.28. The number of anilines is 1. The highest BCUT2D eigenvalue weighted by Gasteiger charge is 2.15. The number of nitrogens with two attached hydrogens (primary N) is 1. The lowest BCUT2D eigenvalue weighted by Gasteiger charge is -2.08. The lowest BCUT2D eigenvalue weighted by Crippen LogP contribution is -2.02. The van der Waals surface area contributed by atoms with Crippen LogP contribution in [0, 0.1) is 0 Å². The number of hydrogen-bond acceptors (Lipinski definition) is 7. The van der Waals surface area contributed by atoms with Crippen LogP contribution in [-0.2, 0) is 9.53 Å². The average molecular weight is 291 g/mol. The van der Waals surface area contributed by atoms with Gasteiger partial charge in [0.15, 0.2) is 5.76 Å². The average Bonchev–Trinajstić information content (AvgIpc) is 2.98. The lowest BCUT2D eigenvalue weighted by atomic mass is 10.1. The number of carbonyl (C=O) groups excluding carboxylic acids is 1.